The monoisotopic (exact) mass is 218 g/mol. The molecule has 0 saturated heterocycles. The molecule has 1 aliphatic carbocycles. The van der Waals surface area contributed by atoms with Gasteiger partial charge in [0.2, 0.25) is 11.5 Å². The number of hydrogen-bond donors (Lipinski definition) is 1. The highest BCUT2D eigenvalue weighted by Crippen LogP contribution is 2.31. The van der Waals surface area contributed by atoms with Crippen LogP contribution in [0.4, 0.5) is 0 Å². The number of allylic oxidation sites excluding steroid dienone is 1. The number of hydrogen-bond acceptors (Lipinski definition) is 7. The van der Waals surface area contributed by atoms with Crippen molar-refractivity contribution in [2.24, 2.45) is 0 Å². The van der Waals surface area contributed by atoms with Crippen molar-refractivity contribution in [1.82, 2.24) is 0 Å². The van der Waals surface area contributed by atoms with E-state index in [1.807, 2.05) is 0 Å². The van der Waals surface area contributed by atoms with Gasteiger partial charge in [-0.15, -0.1) is 0 Å². The Balaban J connectivity index is 3.15. The minimum atomic E-state index is -2.10. The third-order valence-electron chi connectivity index (χ3n) is 1.84. The Bertz CT molecular complexity index is 328. The molecule has 84 valence electrons. The molecule has 0 aromatic heterocycles. The molecule has 0 aliphatic heterocycles. The normalized spacial score (nSPS) is 26.1. The standard InChI is InChI=1S/C8H10O7/c1-8(11)6(10)4(9)5(14-12-2)7(8)15-13-3/h11H,1-3H3. The summed E-state index contributed by atoms with van der Waals surface area (Å²) in [4.78, 5) is 40.0. The van der Waals surface area contributed by atoms with E-state index in [-0.39, 0.29) is 0 Å². The first-order valence-electron chi connectivity index (χ1n) is 3.94. The molecule has 1 rings (SSSR count). The highest BCUT2D eigenvalue weighted by atomic mass is 17.2. The zero-order chi connectivity index (χ0) is 11.6. The minimum Gasteiger partial charge on any atom is -0.374 e. The van der Waals surface area contributed by atoms with Crippen LogP contribution in [0, 0.1) is 0 Å². The summed E-state index contributed by atoms with van der Waals surface area (Å²) in [6.07, 6.45) is 0. The summed E-state index contributed by atoms with van der Waals surface area (Å²) < 4.78 is 0. The van der Waals surface area contributed by atoms with Gasteiger partial charge in [0.15, 0.2) is 5.60 Å². The summed E-state index contributed by atoms with van der Waals surface area (Å²) in [5.74, 6) is -3.05. The average molecular weight is 218 g/mol. The highest BCUT2D eigenvalue weighted by molar-refractivity contribution is 6.48. The Morgan fingerprint density at radius 3 is 2.13 bits per heavy atom. The van der Waals surface area contributed by atoms with E-state index >= 15 is 0 Å². The average Bonchev–Trinajstić information content (AvgIpc) is 2.33. The van der Waals surface area contributed by atoms with Gasteiger partial charge in [0.25, 0.3) is 11.5 Å². The summed E-state index contributed by atoms with van der Waals surface area (Å²) in [6.45, 7) is 1.09. The molecule has 0 aromatic carbocycles. The molecule has 0 radical (unpaired) electrons. The molecule has 0 bridgehead atoms. The summed E-state index contributed by atoms with van der Waals surface area (Å²) >= 11 is 0. The van der Waals surface area contributed by atoms with Gasteiger partial charge in [0.1, 0.15) is 0 Å². The fourth-order valence-electron chi connectivity index (χ4n) is 1.11. The number of rotatable bonds is 4. The predicted molar refractivity (Wildman–Crippen MR) is 43.9 cm³/mol. The Kier molecular flexibility index (Phi) is 3.08. The molecule has 15 heavy (non-hydrogen) atoms. The molecular weight excluding hydrogens is 208 g/mol. The first-order chi connectivity index (χ1) is 6.96. The van der Waals surface area contributed by atoms with Crippen molar-refractivity contribution in [1.29, 1.82) is 0 Å². The Hall–Kier alpha value is -1.44. The topological polar surface area (TPSA) is 91.3 Å². The van der Waals surface area contributed by atoms with E-state index in [1.165, 1.54) is 0 Å². The molecule has 7 heteroatoms. The van der Waals surface area contributed by atoms with E-state index < -0.39 is 28.7 Å². The van der Waals surface area contributed by atoms with Crippen molar-refractivity contribution < 1.29 is 34.2 Å². The number of Topliss-reactive ketones (excluding diaryl/α,β-unsaturated/α-hetero) is 2. The van der Waals surface area contributed by atoms with Crippen molar-refractivity contribution in [3.63, 3.8) is 0 Å². The second-order valence-electron chi connectivity index (χ2n) is 2.89. The van der Waals surface area contributed by atoms with Crippen LogP contribution in [-0.2, 0) is 29.1 Å². The van der Waals surface area contributed by atoms with Gasteiger partial charge in [0.05, 0.1) is 14.2 Å². The molecular formula is C8H10O7. The lowest BCUT2D eigenvalue weighted by Gasteiger charge is -2.15. The van der Waals surface area contributed by atoms with Crippen LogP contribution >= 0.6 is 0 Å². The van der Waals surface area contributed by atoms with Crippen LogP contribution in [0.2, 0.25) is 0 Å². The van der Waals surface area contributed by atoms with Crippen LogP contribution in [-0.4, -0.2) is 36.5 Å². The van der Waals surface area contributed by atoms with Gasteiger partial charge in [-0.05, 0) is 6.92 Å². The lowest BCUT2D eigenvalue weighted by molar-refractivity contribution is -0.272. The molecule has 0 heterocycles. The van der Waals surface area contributed by atoms with E-state index in [1.54, 1.807) is 0 Å². The summed E-state index contributed by atoms with van der Waals surface area (Å²) in [5.41, 5.74) is -2.10. The van der Waals surface area contributed by atoms with Crippen LogP contribution in [0.25, 0.3) is 0 Å². The Labute approximate surface area is 85.0 Å². The van der Waals surface area contributed by atoms with Gasteiger partial charge in [-0.3, -0.25) is 9.59 Å². The van der Waals surface area contributed by atoms with Crippen LogP contribution in [0.5, 0.6) is 0 Å². The van der Waals surface area contributed by atoms with Crippen molar-refractivity contribution in [3.8, 4) is 0 Å². The van der Waals surface area contributed by atoms with E-state index in [9.17, 15) is 14.7 Å². The fourth-order valence-corrected chi connectivity index (χ4v) is 1.11. The van der Waals surface area contributed by atoms with E-state index in [0.29, 0.717) is 0 Å². The van der Waals surface area contributed by atoms with Gasteiger partial charge in [-0.2, -0.15) is 9.78 Å². The second-order valence-corrected chi connectivity index (χ2v) is 2.89. The van der Waals surface area contributed by atoms with Crippen LogP contribution in [0.15, 0.2) is 11.5 Å². The lowest BCUT2D eigenvalue weighted by Crippen LogP contribution is -2.36. The van der Waals surface area contributed by atoms with Gasteiger partial charge >= 0.3 is 0 Å². The van der Waals surface area contributed by atoms with Crippen molar-refractivity contribution in [2.75, 3.05) is 14.2 Å². The SMILES string of the molecule is COOC1=C(OOC)C(C)(O)C(=O)C1=O. The molecule has 1 N–H and O–H groups in total. The molecule has 1 aliphatic rings. The highest BCUT2D eigenvalue weighted by Gasteiger charge is 2.54. The molecule has 0 amide bonds. The molecule has 1 atom stereocenters. The molecule has 0 spiro atoms. The fraction of sp³-hybridized carbons (Fsp3) is 0.500. The van der Waals surface area contributed by atoms with Gasteiger partial charge in [0, 0.05) is 0 Å². The van der Waals surface area contributed by atoms with Crippen LogP contribution in [0.1, 0.15) is 6.92 Å². The quantitative estimate of drug-likeness (QED) is 0.377. The number of ketones is 2. The van der Waals surface area contributed by atoms with Crippen LogP contribution in [0.3, 0.4) is 0 Å². The summed E-state index contributed by atoms with van der Waals surface area (Å²) in [5, 5.41) is 9.65. The van der Waals surface area contributed by atoms with Crippen LogP contribution < -0.4 is 0 Å². The minimum absolute atomic E-state index is 0.429. The summed E-state index contributed by atoms with van der Waals surface area (Å²) in [7, 11) is 2.29. The zero-order valence-corrected chi connectivity index (χ0v) is 8.40. The van der Waals surface area contributed by atoms with Gasteiger partial charge in [-0.1, -0.05) is 0 Å². The number of carbonyl (C=O) groups excluding carboxylic acids is 2. The van der Waals surface area contributed by atoms with E-state index in [0.717, 1.165) is 21.1 Å². The Morgan fingerprint density at radius 1 is 1.13 bits per heavy atom. The first-order valence-corrected chi connectivity index (χ1v) is 3.94. The maximum atomic E-state index is 11.3. The molecule has 1 unspecified atom stereocenters. The summed E-state index contributed by atoms with van der Waals surface area (Å²) in [6, 6.07) is 0. The smallest absolute Gasteiger partial charge is 0.274 e. The van der Waals surface area contributed by atoms with Gasteiger partial charge in [-0.25, -0.2) is 0 Å². The maximum Gasteiger partial charge on any atom is 0.274 e. The predicted octanol–water partition coefficient (Wildman–Crippen LogP) is -0.743. The van der Waals surface area contributed by atoms with Gasteiger partial charge < -0.3 is 14.9 Å². The molecule has 0 saturated carbocycles. The third-order valence-corrected chi connectivity index (χ3v) is 1.84. The number of aliphatic hydroxyl groups is 1. The number of carbonyl (C=O) groups is 2. The third kappa shape index (κ3) is 1.72. The Morgan fingerprint density at radius 2 is 1.67 bits per heavy atom. The lowest BCUT2D eigenvalue weighted by atomic mass is 10.0. The van der Waals surface area contributed by atoms with Crippen molar-refractivity contribution in [3.05, 3.63) is 11.5 Å². The molecule has 0 aromatic rings. The first kappa shape index (κ1) is 11.6. The zero-order valence-electron chi connectivity index (χ0n) is 8.40. The molecule has 0 fully saturated rings. The largest absolute Gasteiger partial charge is 0.374 e. The van der Waals surface area contributed by atoms with Crippen molar-refractivity contribution in [2.45, 2.75) is 12.5 Å². The maximum absolute atomic E-state index is 11.3. The molecule has 7 nitrogen and oxygen atoms in total. The second kappa shape index (κ2) is 3.97. The van der Waals surface area contributed by atoms with Crippen molar-refractivity contribution >= 4 is 11.6 Å². The van der Waals surface area contributed by atoms with E-state index in [2.05, 4.69) is 19.6 Å². The van der Waals surface area contributed by atoms with E-state index in [4.69, 9.17) is 0 Å².